The second kappa shape index (κ2) is 14.0. The highest BCUT2D eigenvalue weighted by Gasteiger charge is 2.62. The molecule has 5 atom stereocenters. The summed E-state index contributed by atoms with van der Waals surface area (Å²) in [6.07, 6.45) is -0.611. The second-order valence-electron chi connectivity index (χ2n) is 14.6. The molecule has 1 saturated heterocycles. The number of carbonyl (C=O) groups is 5. The molecule has 2 aliphatic carbocycles. The van der Waals surface area contributed by atoms with Gasteiger partial charge < -0.3 is 25.0 Å². The lowest BCUT2D eigenvalue weighted by Crippen LogP contribution is -2.60. The number of rotatable bonds is 10. The van der Waals surface area contributed by atoms with E-state index >= 15 is 0 Å². The molecule has 5 amide bonds. The Labute approximate surface area is 296 Å². The van der Waals surface area contributed by atoms with Gasteiger partial charge in [0, 0.05) is 12.3 Å². The molecule has 0 bridgehead atoms. The van der Waals surface area contributed by atoms with Crippen molar-refractivity contribution < 1.29 is 41.9 Å². The van der Waals surface area contributed by atoms with Crippen LogP contribution in [0.5, 0.6) is 0 Å². The predicted molar refractivity (Wildman–Crippen MR) is 182 cm³/mol. The Morgan fingerprint density at radius 1 is 1.06 bits per heavy atom. The number of carbonyl (C=O) groups excluding carboxylic acids is 5. The molecule has 1 aromatic carbocycles. The molecule has 270 valence electrons. The number of likely N-dealkylation sites (tertiary alicyclic amines) is 1. The zero-order valence-corrected chi connectivity index (χ0v) is 30.6. The Bertz CT molecular complexity index is 1640. The fraction of sp³-hybridized carbons (Fsp3) is 0.594. The average Bonchev–Trinajstić information content (AvgIpc) is 3.89. The first kappa shape index (κ1) is 38.2. The van der Waals surface area contributed by atoms with Crippen LogP contribution in [0.3, 0.4) is 0 Å². The van der Waals surface area contributed by atoms with E-state index in [9.17, 15) is 32.4 Å². The highest BCUT2D eigenvalue weighted by Crippen LogP contribution is 2.45. The minimum absolute atomic E-state index is 0.0799. The molecule has 1 aliphatic heterocycles. The minimum atomic E-state index is -3.93. The number of alkyl carbamates (subject to hydrolysis) is 1. The summed E-state index contributed by atoms with van der Waals surface area (Å²) in [5.41, 5.74) is -3.19. The molecule has 4 rings (SSSR count). The molecular weight excluding hydrogens is 701 g/mol. The number of sulfonamides is 1. The number of hydrogen-bond acceptors (Lipinski definition) is 9. The number of hydrogen-bond donors (Lipinski definition) is 4. The van der Waals surface area contributed by atoms with Crippen LogP contribution in [0.1, 0.15) is 67.2 Å². The fourth-order valence-electron chi connectivity index (χ4n) is 5.53. The van der Waals surface area contributed by atoms with Gasteiger partial charge >= 0.3 is 12.2 Å². The van der Waals surface area contributed by atoms with Gasteiger partial charge in [-0.25, -0.2) is 18.0 Å². The lowest BCUT2D eigenvalue weighted by molar-refractivity contribution is -0.143. The number of nitrogens with one attached hydrogen (secondary N) is 4. The Morgan fingerprint density at radius 2 is 1.71 bits per heavy atom. The molecule has 0 radical (unpaired) electrons. The molecular formula is C32H43Cl2N5O9S. The average molecular weight is 745 g/mol. The van der Waals surface area contributed by atoms with Crippen LogP contribution in [0.4, 0.5) is 15.3 Å². The van der Waals surface area contributed by atoms with Gasteiger partial charge in [0.05, 0.1) is 27.5 Å². The molecule has 17 heteroatoms. The quantitative estimate of drug-likeness (QED) is 0.256. The number of nitrogens with zero attached hydrogens (tertiary/aromatic N) is 1. The highest BCUT2D eigenvalue weighted by molar-refractivity contribution is 7.91. The molecule has 3 aliphatic rings. The smallest absolute Gasteiger partial charge is 0.412 e. The van der Waals surface area contributed by atoms with Crippen LogP contribution in [-0.2, 0) is 33.9 Å². The van der Waals surface area contributed by atoms with E-state index in [-0.39, 0.29) is 35.1 Å². The topological polar surface area (TPSA) is 189 Å². The van der Waals surface area contributed by atoms with E-state index in [0.717, 1.165) is 0 Å². The van der Waals surface area contributed by atoms with Gasteiger partial charge in [0.25, 0.3) is 5.91 Å². The van der Waals surface area contributed by atoms with Gasteiger partial charge in [0.1, 0.15) is 29.3 Å². The van der Waals surface area contributed by atoms with Crippen LogP contribution >= 0.6 is 23.2 Å². The van der Waals surface area contributed by atoms with Gasteiger partial charge in [0.2, 0.25) is 21.8 Å². The summed E-state index contributed by atoms with van der Waals surface area (Å²) < 4.78 is 38.2. The van der Waals surface area contributed by atoms with E-state index in [1.165, 1.54) is 23.1 Å². The molecule has 5 unspecified atom stereocenters. The van der Waals surface area contributed by atoms with Gasteiger partial charge in [0.15, 0.2) is 0 Å². The molecule has 14 nitrogen and oxygen atoms in total. The van der Waals surface area contributed by atoms with Crippen molar-refractivity contribution in [2.24, 2.45) is 11.3 Å². The minimum Gasteiger partial charge on any atom is -0.444 e. The third-order valence-corrected chi connectivity index (χ3v) is 11.0. The second-order valence-corrected chi connectivity index (χ2v) is 17.4. The molecule has 4 N–H and O–H groups in total. The standard InChI is InChI=1S/C32H43Cl2N5O9S/c1-8-17-15-32(17,27(42)38-49(45,46)19-12-13-19)37-25(40)22-14-18(47-28(43)35-21-11-9-10-20(33)23(21)34)16-39(22)26(41)24(30(2,3)4)36-29(44)48-31(5,6)7/h8-11,17-19,22,24H,1,12-16H2,2-7H3,(H,35,43)(H,36,44)(H,37,40)(H,38,42). The first-order valence-electron chi connectivity index (χ1n) is 15.8. The number of amides is 5. The SMILES string of the molecule is C=CC1CC1(NC(=O)C1CC(OC(=O)Nc2cccc(Cl)c2Cl)CN1C(=O)C(NC(=O)OC(C)(C)C)C(C)(C)C)C(=O)NS(=O)(=O)C1CC1. The number of benzene rings is 1. The third kappa shape index (κ3) is 9.17. The van der Waals surface area contributed by atoms with Crippen LogP contribution < -0.4 is 20.7 Å². The van der Waals surface area contributed by atoms with Crippen molar-refractivity contribution in [2.75, 3.05) is 11.9 Å². The van der Waals surface area contributed by atoms with Crippen molar-refractivity contribution in [3.8, 4) is 0 Å². The Kier molecular flexibility index (Phi) is 10.9. The zero-order chi connectivity index (χ0) is 36.7. The summed E-state index contributed by atoms with van der Waals surface area (Å²) in [6.45, 7) is 13.6. The van der Waals surface area contributed by atoms with Gasteiger partial charge in [-0.05, 0) is 57.6 Å². The summed E-state index contributed by atoms with van der Waals surface area (Å²) in [7, 11) is -3.93. The van der Waals surface area contributed by atoms with Crippen molar-refractivity contribution >= 4 is 68.8 Å². The Hall–Kier alpha value is -3.56. The number of ether oxygens (including phenoxy) is 2. The Morgan fingerprint density at radius 3 is 2.27 bits per heavy atom. The summed E-state index contributed by atoms with van der Waals surface area (Å²) in [5.74, 6) is -2.94. The van der Waals surface area contributed by atoms with E-state index in [4.69, 9.17) is 32.7 Å². The van der Waals surface area contributed by atoms with Gasteiger partial charge in [-0.1, -0.05) is 56.1 Å². The first-order valence-corrected chi connectivity index (χ1v) is 18.1. The molecule has 3 fully saturated rings. The van der Waals surface area contributed by atoms with Crippen LogP contribution in [0, 0.1) is 11.3 Å². The van der Waals surface area contributed by atoms with E-state index in [2.05, 4.69) is 27.3 Å². The molecule has 1 aromatic rings. The maximum absolute atomic E-state index is 14.2. The van der Waals surface area contributed by atoms with Crippen molar-refractivity contribution in [2.45, 2.75) is 102 Å². The van der Waals surface area contributed by atoms with Gasteiger partial charge in [-0.3, -0.25) is 24.4 Å². The fourth-order valence-corrected chi connectivity index (χ4v) is 7.24. The van der Waals surface area contributed by atoms with E-state index in [1.807, 2.05) is 0 Å². The summed E-state index contributed by atoms with van der Waals surface area (Å²) in [5, 5.41) is 7.38. The van der Waals surface area contributed by atoms with Crippen molar-refractivity contribution in [3.05, 3.63) is 40.9 Å². The maximum atomic E-state index is 14.2. The predicted octanol–water partition coefficient (Wildman–Crippen LogP) is 4.12. The maximum Gasteiger partial charge on any atom is 0.412 e. The van der Waals surface area contributed by atoms with E-state index in [1.54, 1.807) is 47.6 Å². The van der Waals surface area contributed by atoms with Crippen LogP contribution in [0.2, 0.25) is 10.0 Å². The van der Waals surface area contributed by atoms with Crippen LogP contribution in [-0.4, -0.2) is 84.3 Å². The first-order chi connectivity index (χ1) is 22.6. The van der Waals surface area contributed by atoms with Crippen molar-refractivity contribution in [1.82, 2.24) is 20.3 Å². The van der Waals surface area contributed by atoms with Crippen LogP contribution in [0.25, 0.3) is 0 Å². The van der Waals surface area contributed by atoms with Crippen molar-refractivity contribution in [1.29, 1.82) is 0 Å². The van der Waals surface area contributed by atoms with Crippen molar-refractivity contribution in [3.63, 3.8) is 0 Å². The van der Waals surface area contributed by atoms with E-state index in [0.29, 0.717) is 12.8 Å². The Balaban J connectivity index is 1.59. The summed E-state index contributed by atoms with van der Waals surface area (Å²) >= 11 is 12.2. The lowest BCUT2D eigenvalue weighted by atomic mass is 9.85. The molecule has 2 saturated carbocycles. The lowest BCUT2D eigenvalue weighted by Gasteiger charge is -2.36. The van der Waals surface area contributed by atoms with Gasteiger partial charge in [-0.15, -0.1) is 6.58 Å². The van der Waals surface area contributed by atoms with Crippen LogP contribution in [0.15, 0.2) is 30.9 Å². The molecule has 0 spiro atoms. The number of halogens is 2. The molecule has 1 heterocycles. The normalized spacial score (nSPS) is 24.2. The van der Waals surface area contributed by atoms with Gasteiger partial charge in [-0.2, -0.15) is 0 Å². The third-order valence-electron chi connectivity index (χ3n) is 8.33. The molecule has 0 aromatic heterocycles. The zero-order valence-electron chi connectivity index (χ0n) is 28.2. The molecule has 49 heavy (non-hydrogen) atoms. The largest absolute Gasteiger partial charge is 0.444 e. The number of anilines is 1. The highest BCUT2D eigenvalue weighted by atomic mass is 35.5. The monoisotopic (exact) mass is 743 g/mol. The van der Waals surface area contributed by atoms with E-state index < -0.39 is 85.8 Å². The summed E-state index contributed by atoms with van der Waals surface area (Å²) in [6, 6.07) is 2.12. The summed E-state index contributed by atoms with van der Waals surface area (Å²) in [4.78, 5) is 68.5.